The Morgan fingerprint density at radius 3 is 2.86 bits per heavy atom. The van der Waals surface area contributed by atoms with Crippen molar-refractivity contribution in [3.8, 4) is 0 Å². The fourth-order valence-electron chi connectivity index (χ4n) is 2.64. The molecule has 2 aromatic heterocycles. The Labute approximate surface area is 129 Å². The predicted molar refractivity (Wildman–Crippen MR) is 88.1 cm³/mol. The van der Waals surface area contributed by atoms with Crippen molar-refractivity contribution in [2.24, 2.45) is 0 Å². The van der Waals surface area contributed by atoms with E-state index in [1.165, 1.54) is 0 Å². The van der Waals surface area contributed by atoms with Gasteiger partial charge in [-0.2, -0.15) is 0 Å². The second-order valence-electron chi connectivity index (χ2n) is 5.49. The van der Waals surface area contributed by atoms with E-state index in [1.807, 2.05) is 62.5 Å². The van der Waals surface area contributed by atoms with Crippen molar-refractivity contribution >= 4 is 17.2 Å². The summed E-state index contributed by atoms with van der Waals surface area (Å²) in [5.41, 5.74) is 4.98. The summed E-state index contributed by atoms with van der Waals surface area (Å²) in [6.07, 6.45) is 3.11. The molecule has 2 heterocycles. The maximum Gasteiger partial charge on any atom is 0.224 e. The molecule has 0 saturated carbocycles. The Morgan fingerprint density at radius 2 is 2.05 bits per heavy atom. The lowest BCUT2D eigenvalue weighted by Crippen LogP contribution is -2.13. The molecule has 4 nitrogen and oxygen atoms in total. The molecule has 112 valence electrons. The lowest BCUT2D eigenvalue weighted by Gasteiger charge is -2.06. The summed E-state index contributed by atoms with van der Waals surface area (Å²) in [5.74, 6) is 0.0240. The van der Waals surface area contributed by atoms with Crippen LogP contribution >= 0.6 is 0 Å². The first-order valence-corrected chi connectivity index (χ1v) is 7.42. The number of amides is 1. The number of aromatic nitrogens is 2. The molecule has 1 amide bonds. The van der Waals surface area contributed by atoms with E-state index in [9.17, 15) is 4.79 Å². The highest BCUT2D eigenvalue weighted by Crippen LogP contribution is 2.15. The minimum absolute atomic E-state index is 0.0240. The zero-order valence-corrected chi connectivity index (χ0v) is 12.8. The number of rotatable bonds is 4. The average molecular weight is 293 g/mol. The lowest BCUT2D eigenvalue weighted by molar-refractivity contribution is -0.116. The van der Waals surface area contributed by atoms with Crippen LogP contribution in [0.15, 0.2) is 48.7 Å². The van der Waals surface area contributed by atoms with Crippen molar-refractivity contribution in [1.82, 2.24) is 9.38 Å². The van der Waals surface area contributed by atoms with Gasteiger partial charge >= 0.3 is 0 Å². The fraction of sp³-hybridized carbons (Fsp3) is 0.222. The van der Waals surface area contributed by atoms with Crippen molar-refractivity contribution in [2.45, 2.75) is 26.7 Å². The van der Waals surface area contributed by atoms with Gasteiger partial charge in [0, 0.05) is 24.0 Å². The van der Waals surface area contributed by atoms with Crippen LogP contribution < -0.4 is 5.32 Å². The highest BCUT2D eigenvalue weighted by Gasteiger charge is 2.10. The number of nitrogens with zero attached hydrogens (tertiary/aromatic N) is 2. The third kappa shape index (κ3) is 3.01. The Morgan fingerprint density at radius 1 is 1.18 bits per heavy atom. The minimum Gasteiger partial charge on any atom is -0.326 e. The molecule has 0 aliphatic carbocycles. The van der Waals surface area contributed by atoms with Gasteiger partial charge in [-0.15, -0.1) is 0 Å². The number of carbonyl (C=O) groups is 1. The largest absolute Gasteiger partial charge is 0.326 e. The molecule has 0 bridgehead atoms. The molecule has 0 radical (unpaired) electrons. The second-order valence-corrected chi connectivity index (χ2v) is 5.49. The van der Waals surface area contributed by atoms with Crippen LogP contribution in [0, 0.1) is 13.8 Å². The molecule has 1 aromatic carbocycles. The van der Waals surface area contributed by atoms with Crippen molar-refractivity contribution in [2.75, 3.05) is 5.32 Å². The van der Waals surface area contributed by atoms with Gasteiger partial charge in [-0.1, -0.05) is 18.2 Å². The molecule has 22 heavy (non-hydrogen) atoms. The minimum atomic E-state index is 0.0240. The number of nitrogens with one attached hydrogen (secondary N) is 1. The van der Waals surface area contributed by atoms with Crippen LogP contribution in [-0.2, 0) is 11.2 Å². The van der Waals surface area contributed by atoms with E-state index in [-0.39, 0.29) is 5.91 Å². The van der Waals surface area contributed by atoms with Gasteiger partial charge in [-0.05, 0) is 50.1 Å². The van der Waals surface area contributed by atoms with E-state index >= 15 is 0 Å². The summed E-state index contributed by atoms with van der Waals surface area (Å²) in [7, 11) is 0. The van der Waals surface area contributed by atoms with E-state index in [2.05, 4.69) is 14.7 Å². The zero-order valence-electron chi connectivity index (χ0n) is 12.8. The van der Waals surface area contributed by atoms with Gasteiger partial charge in [0.25, 0.3) is 0 Å². The van der Waals surface area contributed by atoms with Gasteiger partial charge in [-0.3, -0.25) is 4.79 Å². The van der Waals surface area contributed by atoms with E-state index in [4.69, 9.17) is 0 Å². The number of fused-ring (bicyclic) bond motifs is 1. The number of aryl methyl sites for hydroxylation is 3. The first kappa shape index (κ1) is 14.3. The summed E-state index contributed by atoms with van der Waals surface area (Å²) in [6.45, 7) is 4.00. The topological polar surface area (TPSA) is 46.4 Å². The SMILES string of the molecule is Cc1cccc(NC(=O)CCc2c(C)nc3ccccn23)c1. The fourth-order valence-corrected chi connectivity index (χ4v) is 2.64. The molecule has 1 N–H and O–H groups in total. The highest BCUT2D eigenvalue weighted by atomic mass is 16.1. The molecule has 0 spiro atoms. The smallest absolute Gasteiger partial charge is 0.224 e. The molecule has 0 saturated heterocycles. The summed E-state index contributed by atoms with van der Waals surface area (Å²) in [4.78, 5) is 16.6. The Balaban J connectivity index is 1.69. The summed E-state index contributed by atoms with van der Waals surface area (Å²) in [5, 5.41) is 2.94. The summed E-state index contributed by atoms with van der Waals surface area (Å²) in [6, 6.07) is 13.8. The number of benzene rings is 1. The first-order valence-electron chi connectivity index (χ1n) is 7.42. The Kier molecular flexibility index (Phi) is 3.92. The first-order chi connectivity index (χ1) is 10.6. The average Bonchev–Trinajstić information content (AvgIpc) is 2.80. The van der Waals surface area contributed by atoms with Crippen LogP contribution in [0.4, 0.5) is 5.69 Å². The summed E-state index contributed by atoms with van der Waals surface area (Å²) < 4.78 is 2.05. The van der Waals surface area contributed by atoms with Crippen molar-refractivity contribution in [1.29, 1.82) is 0 Å². The zero-order chi connectivity index (χ0) is 15.5. The Bertz CT molecular complexity index is 820. The third-order valence-electron chi connectivity index (χ3n) is 3.72. The maximum absolute atomic E-state index is 12.1. The number of imidazole rings is 1. The molecule has 0 aliphatic rings. The number of hydrogen-bond donors (Lipinski definition) is 1. The third-order valence-corrected chi connectivity index (χ3v) is 3.72. The maximum atomic E-state index is 12.1. The quantitative estimate of drug-likeness (QED) is 0.800. The Hall–Kier alpha value is -2.62. The van der Waals surface area contributed by atoms with Crippen molar-refractivity contribution < 1.29 is 4.79 Å². The molecule has 3 rings (SSSR count). The van der Waals surface area contributed by atoms with Crippen LogP contribution in [0.5, 0.6) is 0 Å². The number of carbonyl (C=O) groups excluding carboxylic acids is 1. The number of pyridine rings is 1. The van der Waals surface area contributed by atoms with Crippen molar-refractivity contribution in [3.63, 3.8) is 0 Å². The standard InChI is InChI=1S/C18H19N3O/c1-13-6-5-7-15(12-13)20-18(22)10-9-16-14(2)19-17-8-3-4-11-21(16)17/h3-8,11-12H,9-10H2,1-2H3,(H,20,22). The monoisotopic (exact) mass is 293 g/mol. The molecular weight excluding hydrogens is 274 g/mol. The van der Waals surface area contributed by atoms with E-state index < -0.39 is 0 Å². The van der Waals surface area contributed by atoms with Crippen LogP contribution in [0.3, 0.4) is 0 Å². The normalized spacial score (nSPS) is 10.8. The van der Waals surface area contributed by atoms with Gasteiger partial charge in [0.1, 0.15) is 5.65 Å². The van der Waals surface area contributed by atoms with Gasteiger partial charge in [-0.25, -0.2) is 4.98 Å². The second kappa shape index (κ2) is 6.02. The highest BCUT2D eigenvalue weighted by molar-refractivity contribution is 5.90. The van der Waals surface area contributed by atoms with Crippen LogP contribution in [0.1, 0.15) is 23.4 Å². The van der Waals surface area contributed by atoms with Gasteiger partial charge < -0.3 is 9.72 Å². The van der Waals surface area contributed by atoms with Crippen LogP contribution in [0.25, 0.3) is 5.65 Å². The van der Waals surface area contributed by atoms with Gasteiger partial charge in [0.15, 0.2) is 0 Å². The lowest BCUT2D eigenvalue weighted by atomic mass is 10.2. The molecule has 0 unspecified atom stereocenters. The van der Waals surface area contributed by atoms with Crippen molar-refractivity contribution in [3.05, 3.63) is 65.6 Å². The molecule has 0 fully saturated rings. The van der Waals surface area contributed by atoms with Gasteiger partial charge in [0.2, 0.25) is 5.91 Å². The van der Waals surface area contributed by atoms with E-state index in [0.717, 1.165) is 28.3 Å². The van der Waals surface area contributed by atoms with E-state index in [1.54, 1.807) is 0 Å². The molecular formula is C18H19N3O. The molecule has 0 aliphatic heterocycles. The van der Waals surface area contributed by atoms with Gasteiger partial charge in [0.05, 0.1) is 5.69 Å². The number of hydrogen-bond acceptors (Lipinski definition) is 2. The summed E-state index contributed by atoms with van der Waals surface area (Å²) >= 11 is 0. The van der Waals surface area contributed by atoms with Crippen LogP contribution in [-0.4, -0.2) is 15.3 Å². The molecule has 0 atom stereocenters. The van der Waals surface area contributed by atoms with Crippen LogP contribution in [0.2, 0.25) is 0 Å². The predicted octanol–water partition coefficient (Wildman–Crippen LogP) is 3.52. The van der Waals surface area contributed by atoms with E-state index in [0.29, 0.717) is 12.8 Å². The molecule has 3 aromatic rings. The molecule has 4 heteroatoms. The number of anilines is 1.